The van der Waals surface area contributed by atoms with Gasteiger partial charge in [0.2, 0.25) is 0 Å². The number of nitrogens with one attached hydrogen (secondary N) is 1. The first kappa shape index (κ1) is 18.5. The van der Waals surface area contributed by atoms with Gasteiger partial charge in [-0.1, -0.05) is 17.2 Å². The highest BCUT2D eigenvalue weighted by Crippen LogP contribution is 2.36. The van der Waals surface area contributed by atoms with E-state index in [4.69, 9.17) is 0 Å². The van der Waals surface area contributed by atoms with Crippen LogP contribution in [0.15, 0.2) is 36.4 Å². The first-order valence-corrected chi connectivity index (χ1v) is 9.52. The van der Waals surface area contributed by atoms with Gasteiger partial charge in [0, 0.05) is 38.5 Å². The van der Waals surface area contributed by atoms with Gasteiger partial charge in [0.25, 0.3) is 11.8 Å². The van der Waals surface area contributed by atoms with E-state index in [0.29, 0.717) is 37.1 Å². The van der Waals surface area contributed by atoms with Crippen LogP contribution < -0.4 is 10.2 Å². The van der Waals surface area contributed by atoms with Gasteiger partial charge in [-0.05, 0) is 44.2 Å². The number of hydrogen-bond donors (Lipinski definition) is 1. The molecule has 1 fully saturated rings. The summed E-state index contributed by atoms with van der Waals surface area (Å²) in [5, 5.41) is 3.06. The standard InChI is InChI=1S/C22H24FN3O2/c1-14-10-15(2)12-16(11-14)21(28)26-8-6-22(7-9-26)24-20(27)18-13-17(23)4-5-19(18)25(22)3/h4-5,10-13H,6-9H2,1-3H3,(H,24,27). The fourth-order valence-corrected chi connectivity index (χ4v) is 4.40. The van der Waals surface area contributed by atoms with Gasteiger partial charge < -0.3 is 15.1 Å². The normalized spacial score (nSPS) is 18.1. The summed E-state index contributed by atoms with van der Waals surface area (Å²) in [4.78, 5) is 29.4. The second-order valence-corrected chi connectivity index (χ2v) is 7.87. The van der Waals surface area contributed by atoms with E-state index < -0.39 is 11.5 Å². The lowest BCUT2D eigenvalue weighted by molar-refractivity contribution is 0.0608. The Bertz CT molecular complexity index is 944. The van der Waals surface area contributed by atoms with Gasteiger partial charge >= 0.3 is 0 Å². The summed E-state index contributed by atoms with van der Waals surface area (Å²) in [5.74, 6) is -0.664. The number of rotatable bonds is 1. The summed E-state index contributed by atoms with van der Waals surface area (Å²) in [6.45, 7) is 5.07. The number of halogens is 1. The molecule has 0 radical (unpaired) electrons. The van der Waals surface area contributed by atoms with Gasteiger partial charge in [0.15, 0.2) is 0 Å². The average Bonchev–Trinajstić information content (AvgIpc) is 2.65. The van der Waals surface area contributed by atoms with Gasteiger partial charge in [0.05, 0.1) is 11.3 Å². The molecule has 1 N–H and O–H groups in total. The topological polar surface area (TPSA) is 52.7 Å². The number of amides is 2. The van der Waals surface area contributed by atoms with Gasteiger partial charge in [-0.25, -0.2) is 4.39 Å². The SMILES string of the molecule is Cc1cc(C)cc(C(=O)N2CCC3(CC2)NC(=O)c2cc(F)ccc2N3C)c1. The second kappa shape index (κ2) is 6.62. The van der Waals surface area contributed by atoms with E-state index in [1.54, 1.807) is 6.07 Å². The second-order valence-electron chi connectivity index (χ2n) is 7.87. The summed E-state index contributed by atoms with van der Waals surface area (Å²) < 4.78 is 13.5. The van der Waals surface area contributed by atoms with E-state index in [0.717, 1.165) is 16.8 Å². The lowest BCUT2D eigenvalue weighted by Crippen LogP contribution is -2.67. The molecule has 2 aliphatic heterocycles. The highest BCUT2D eigenvalue weighted by molar-refractivity contribution is 6.02. The molecule has 0 aliphatic carbocycles. The van der Waals surface area contributed by atoms with E-state index in [1.165, 1.54) is 12.1 Å². The van der Waals surface area contributed by atoms with Gasteiger partial charge in [-0.3, -0.25) is 9.59 Å². The molecule has 4 rings (SSSR count). The molecular formula is C22H24FN3O2. The van der Waals surface area contributed by atoms with Crippen LogP contribution in [-0.2, 0) is 0 Å². The third kappa shape index (κ3) is 3.03. The molecule has 5 nitrogen and oxygen atoms in total. The number of hydrogen-bond acceptors (Lipinski definition) is 3. The number of nitrogens with zero attached hydrogens (tertiary/aromatic N) is 2. The Balaban J connectivity index is 1.54. The van der Waals surface area contributed by atoms with Crippen molar-refractivity contribution in [2.24, 2.45) is 0 Å². The molecule has 1 saturated heterocycles. The number of fused-ring (bicyclic) bond motifs is 1. The number of carbonyl (C=O) groups excluding carboxylic acids is 2. The summed E-state index contributed by atoms with van der Waals surface area (Å²) in [6, 6.07) is 10.2. The van der Waals surface area contributed by atoms with Crippen molar-refractivity contribution in [2.45, 2.75) is 32.4 Å². The van der Waals surface area contributed by atoms with Crippen LogP contribution in [0.25, 0.3) is 0 Å². The van der Waals surface area contributed by atoms with Crippen molar-refractivity contribution < 1.29 is 14.0 Å². The fraction of sp³-hybridized carbons (Fsp3) is 0.364. The molecule has 2 amide bonds. The molecule has 2 aromatic carbocycles. The molecular weight excluding hydrogens is 357 g/mol. The molecule has 146 valence electrons. The Morgan fingerprint density at radius 2 is 1.71 bits per heavy atom. The molecule has 0 atom stereocenters. The molecule has 2 heterocycles. The van der Waals surface area contributed by atoms with E-state index in [-0.39, 0.29) is 11.8 Å². The molecule has 2 aromatic rings. The summed E-state index contributed by atoms with van der Waals surface area (Å²) in [6.07, 6.45) is 1.23. The summed E-state index contributed by atoms with van der Waals surface area (Å²) in [5.41, 5.74) is 3.36. The van der Waals surface area contributed by atoms with Gasteiger partial charge in [-0.15, -0.1) is 0 Å². The maximum absolute atomic E-state index is 13.5. The third-order valence-electron chi connectivity index (χ3n) is 5.90. The Labute approximate surface area is 164 Å². The average molecular weight is 381 g/mol. The zero-order valence-corrected chi connectivity index (χ0v) is 16.4. The molecule has 0 saturated carbocycles. The Morgan fingerprint density at radius 3 is 2.36 bits per heavy atom. The first-order chi connectivity index (χ1) is 13.3. The number of benzene rings is 2. The summed E-state index contributed by atoms with van der Waals surface area (Å²) in [7, 11) is 1.91. The molecule has 1 spiro atoms. The molecule has 0 unspecified atom stereocenters. The van der Waals surface area contributed by atoms with Crippen molar-refractivity contribution in [2.75, 3.05) is 25.0 Å². The minimum Gasteiger partial charge on any atom is -0.351 e. The predicted octanol–water partition coefficient (Wildman–Crippen LogP) is 3.25. The minimum absolute atomic E-state index is 0.0221. The zero-order chi connectivity index (χ0) is 20.1. The maximum atomic E-state index is 13.5. The van der Waals surface area contributed by atoms with Gasteiger partial charge in [0.1, 0.15) is 11.5 Å². The van der Waals surface area contributed by atoms with Crippen LogP contribution in [0.2, 0.25) is 0 Å². The van der Waals surface area contributed by atoms with E-state index in [1.807, 2.05) is 42.8 Å². The Kier molecular flexibility index (Phi) is 4.37. The van der Waals surface area contributed by atoms with Crippen LogP contribution >= 0.6 is 0 Å². The highest BCUT2D eigenvalue weighted by Gasteiger charge is 2.45. The molecule has 0 bridgehead atoms. The highest BCUT2D eigenvalue weighted by atomic mass is 19.1. The molecule has 6 heteroatoms. The monoisotopic (exact) mass is 381 g/mol. The largest absolute Gasteiger partial charge is 0.351 e. The van der Waals surface area contributed by atoms with Crippen LogP contribution in [0.4, 0.5) is 10.1 Å². The van der Waals surface area contributed by atoms with E-state index in [9.17, 15) is 14.0 Å². The molecule has 0 aromatic heterocycles. The predicted molar refractivity (Wildman–Crippen MR) is 106 cm³/mol. The third-order valence-corrected chi connectivity index (χ3v) is 5.90. The molecule has 28 heavy (non-hydrogen) atoms. The van der Waals surface area contributed by atoms with Crippen molar-refractivity contribution in [1.29, 1.82) is 0 Å². The Hall–Kier alpha value is -2.89. The van der Waals surface area contributed by atoms with E-state index >= 15 is 0 Å². The zero-order valence-electron chi connectivity index (χ0n) is 16.4. The summed E-state index contributed by atoms with van der Waals surface area (Å²) >= 11 is 0. The van der Waals surface area contributed by atoms with Crippen LogP contribution in [0, 0.1) is 19.7 Å². The first-order valence-electron chi connectivity index (χ1n) is 9.52. The fourth-order valence-electron chi connectivity index (χ4n) is 4.40. The van der Waals surface area contributed by atoms with Crippen LogP contribution in [0.5, 0.6) is 0 Å². The van der Waals surface area contributed by atoms with Crippen LogP contribution in [-0.4, -0.2) is 42.5 Å². The van der Waals surface area contributed by atoms with Crippen molar-refractivity contribution >= 4 is 17.5 Å². The maximum Gasteiger partial charge on any atom is 0.255 e. The van der Waals surface area contributed by atoms with Crippen molar-refractivity contribution in [1.82, 2.24) is 10.2 Å². The smallest absolute Gasteiger partial charge is 0.255 e. The number of anilines is 1. The van der Waals surface area contributed by atoms with Crippen LogP contribution in [0.3, 0.4) is 0 Å². The Morgan fingerprint density at radius 1 is 1.07 bits per heavy atom. The lowest BCUT2D eigenvalue weighted by Gasteiger charge is -2.51. The van der Waals surface area contributed by atoms with E-state index in [2.05, 4.69) is 11.4 Å². The van der Waals surface area contributed by atoms with Crippen molar-refractivity contribution in [3.63, 3.8) is 0 Å². The van der Waals surface area contributed by atoms with Crippen LogP contribution in [0.1, 0.15) is 44.7 Å². The quantitative estimate of drug-likeness (QED) is 0.825. The number of likely N-dealkylation sites (tertiary alicyclic amines) is 1. The minimum atomic E-state index is -0.554. The lowest BCUT2D eigenvalue weighted by atomic mass is 9.90. The number of carbonyl (C=O) groups is 2. The number of aryl methyl sites for hydroxylation is 2. The van der Waals surface area contributed by atoms with Crippen molar-refractivity contribution in [3.8, 4) is 0 Å². The van der Waals surface area contributed by atoms with Crippen molar-refractivity contribution in [3.05, 3.63) is 64.5 Å². The molecule has 2 aliphatic rings. The number of piperidine rings is 1. The van der Waals surface area contributed by atoms with Gasteiger partial charge in [-0.2, -0.15) is 0 Å².